The molecule has 1 saturated heterocycles. The molecule has 0 radical (unpaired) electrons. The highest BCUT2D eigenvalue weighted by atomic mass is 19.4. The fourth-order valence-corrected chi connectivity index (χ4v) is 2.68. The molecule has 142 valence electrons. The Morgan fingerprint density at radius 1 is 1.04 bits per heavy atom. The number of halogens is 3. The first-order valence-corrected chi connectivity index (χ1v) is 8.26. The molecule has 2 heterocycles. The summed E-state index contributed by atoms with van der Waals surface area (Å²) in [5, 5.41) is 0. The van der Waals surface area contributed by atoms with Crippen LogP contribution in [0.4, 0.5) is 19.1 Å². The number of amides is 1. The van der Waals surface area contributed by atoms with Gasteiger partial charge in [0.05, 0.1) is 0 Å². The second-order valence-corrected chi connectivity index (χ2v) is 5.78. The Hall–Kier alpha value is -3.10. The zero-order chi connectivity index (χ0) is 19.3. The highest BCUT2D eigenvalue weighted by Crippen LogP contribution is 2.27. The Labute approximate surface area is 153 Å². The van der Waals surface area contributed by atoms with Gasteiger partial charge in [-0.25, -0.2) is 9.97 Å². The molecule has 3 rings (SSSR count). The maximum absolute atomic E-state index is 12.5. The summed E-state index contributed by atoms with van der Waals surface area (Å²) in [5.41, 5.74) is 0.180. The lowest BCUT2D eigenvalue weighted by atomic mass is 10.2. The first-order chi connectivity index (χ1) is 12.9. The van der Waals surface area contributed by atoms with E-state index in [2.05, 4.69) is 14.7 Å². The van der Waals surface area contributed by atoms with Gasteiger partial charge in [0.15, 0.2) is 0 Å². The summed E-state index contributed by atoms with van der Waals surface area (Å²) < 4.78 is 41.3. The zero-order valence-electron chi connectivity index (χ0n) is 14.3. The van der Waals surface area contributed by atoms with E-state index in [0.717, 1.165) is 0 Å². The number of ether oxygens (including phenoxy) is 1. The van der Waals surface area contributed by atoms with E-state index >= 15 is 0 Å². The standard InChI is InChI=1S/C18H17F3N4O2/c19-18(20,21)27-15-5-2-1-4-14(15)6-7-16(26)24-10-12-25(13-11-24)17-22-8-3-9-23-17/h1-9H,10-13H2/b7-6+. The number of carbonyl (C=O) groups is 1. The second kappa shape index (κ2) is 8.07. The number of aromatic nitrogens is 2. The summed E-state index contributed by atoms with van der Waals surface area (Å²) in [6, 6.07) is 7.40. The largest absolute Gasteiger partial charge is 0.573 e. The number of carbonyl (C=O) groups excluding carboxylic acids is 1. The number of piperazine rings is 1. The number of para-hydroxylation sites is 1. The molecule has 0 aliphatic carbocycles. The first-order valence-electron chi connectivity index (χ1n) is 8.26. The van der Waals surface area contributed by atoms with Gasteiger partial charge in [-0.05, 0) is 18.2 Å². The number of nitrogens with zero attached hydrogens (tertiary/aromatic N) is 4. The summed E-state index contributed by atoms with van der Waals surface area (Å²) in [4.78, 5) is 24.3. The number of rotatable bonds is 4. The van der Waals surface area contributed by atoms with Crippen molar-refractivity contribution in [2.45, 2.75) is 6.36 Å². The van der Waals surface area contributed by atoms with Gasteiger partial charge in [-0.1, -0.05) is 18.2 Å². The molecule has 1 amide bonds. The van der Waals surface area contributed by atoms with E-state index in [1.165, 1.54) is 30.4 Å². The topological polar surface area (TPSA) is 58.6 Å². The maximum atomic E-state index is 12.5. The lowest BCUT2D eigenvalue weighted by Gasteiger charge is -2.34. The van der Waals surface area contributed by atoms with Gasteiger partial charge in [-0.2, -0.15) is 0 Å². The minimum Gasteiger partial charge on any atom is -0.405 e. The molecule has 6 nitrogen and oxygen atoms in total. The average molecular weight is 378 g/mol. The number of hydrogen-bond donors (Lipinski definition) is 0. The summed E-state index contributed by atoms with van der Waals surface area (Å²) in [5.74, 6) is -0.0103. The third-order valence-corrected chi connectivity index (χ3v) is 3.98. The molecule has 2 aromatic rings. The Bertz CT molecular complexity index is 804. The van der Waals surface area contributed by atoms with Gasteiger partial charge in [-0.15, -0.1) is 13.2 Å². The van der Waals surface area contributed by atoms with Crippen molar-refractivity contribution < 1.29 is 22.7 Å². The predicted molar refractivity (Wildman–Crippen MR) is 93.0 cm³/mol. The van der Waals surface area contributed by atoms with E-state index in [1.54, 1.807) is 29.4 Å². The van der Waals surface area contributed by atoms with E-state index in [4.69, 9.17) is 0 Å². The van der Waals surface area contributed by atoms with Gasteiger partial charge in [-0.3, -0.25) is 4.79 Å². The van der Waals surface area contributed by atoms with Gasteiger partial charge < -0.3 is 14.5 Å². The minimum atomic E-state index is -4.79. The van der Waals surface area contributed by atoms with Crippen LogP contribution < -0.4 is 9.64 Å². The fraction of sp³-hybridized carbons (Fsp3) is 0.278. The van der Waals surface area contributed by atoms with Crippen molar-refractivity contribution in [3.63, 3.8) is 0 Å². The molecular weight excluding hydrogens is 361 g/mol. The molecule has 9 heteroatoms. The van der Waals surface area contributed by atoms with Gasteiger partial charge in [0.25, 0.3) is 0 Å². The molecule has 0 N–H and O–H groups in total. The van der Waals surface area contributed by atoms with Crippen LogP contribution in [0.5, 0.6) is 5.75 Å². The molecule has 1 aliphatic heterocycles. The molecule has 0 spiro atoms. The third-order valence-electron chi connectivity index (χ3n) is 3.98. The second-order valence-electron chi connectivity index (χ2n) is 5.78. The summed E-state index contributed by atoms with van der Waals surface area (Å²) in [6.45, 7) is 2.11. The summed E-state index contributed by atoms with van der Waals surface area (Å²) in [7, 11) is 0. The van der Waals surface area contributed by atoms with Crippen LogP contribution in [0.1, 0.15) is 5.56 Å². The number of benzene rings is 1. The van der Waals surface area contributed by atoms with Crippen LogP contribution in [-0.4, -0.2) is 53.3 Å². The number of hydrogen-bond acceptors (Lipinski definition) is 5. The Morgan fingerprint density at radius 3 is 2.37 bits per heavy atom. The van der Waals surface area contributed by atoms with E-state index < -0.39 is 6.36 Å². The molecule has 1 aromatic heterocycles. The molecule has 1 aromatic carbocycles. The fourth-order valence-electron chi connectivity index (χ4n) is 2.68. The van der Waals surface area contributed by atoms with E-state index in [0.29, 0.717) is 32.1 Å². The molecule has 1 fully saturated rings. The summed E-state index contributed by atoms with van der Waals surface area (Å²) in [6.07, 6.45) is 1.11. The van der Waals surface area contributed by atoms with E-state index in [-0.39, 0.29) is 17.2 Å². The van der Waals surface area contributed by atoms with Crippen LogP contribution in [0.2, 0.25) is 0 Å². The molecule has 0 atom stereocenters. The van der Waals surface area contributed by atoms with Gasteiger partial charge in [0.2, 0.25) is 11.9 Å². The zero-order valence-corrected chi connectivity index (χ0v) is 14.3. The highest BCUT2D eigenvalue weighted by Gasteiger charge is 2.31. The van der Waals surface area contributed by atoms with Crippen LogP contribution in [0.3, 0.4) is 0 Å². The lowest BCUT2D eigenvalue weighted by Crippen LogP contribution is -2.48. The van der Waals surface area contributed by atoms with Crippen LogP contribution in [0.15, 0.2) is 48.8 Å². The van der Waals surface area contributed by atoms with E-state index in [9.17, 15) is 18.0 Å². The molecule has 0 bridgehead atoms. The van der Waals surface area contributed by atoms with E-state index in [1.807, 2.05) is 4.90 Å². The predicted octanol–water partition coefficient (Wildman–Crippen LogP) is 2.74. The van der Waals surface area contributed by atoms with Crippen molar-refractivity contribution in [2.24, 2.45) is 0 Å². The molecular formula is C18H17F3N4O2. The Morgan fingerprint density at radius 2 is 1.70 bits per heavy atom. The average Bonchev–Trinajstić information content (AvgIpc) is 2.67. The van der Waals surface area contributed by atoms with Gasteiger partial charge in [0, 0.05) is 50.2 Å². The summed E-state index contributed by atoms with van der Waals surface area (Å²) >= 11 is 0. The smallest absolute Gasteiger partial charge is 0.405 e. The monoisotopic (exact) mass is 378 g/mol. The van der Waals surface area contributed by atoms with Crippen LogP contribution in [0.25, 0.3) is 6.08 Å². The van der Waals surface area contributed by atoms with Crippen molar-refractivity contribution in [2.75, 3.05) is 31.1 Å². The van der Waals surface area contributed by atoms with Crippen molar-refractivity contribution in [1.82, 2.24) is 14.9 Å². The van der Waals surface area contributed by atoms with Crippen LogP contribution in [0, 0.1) is 0 Å². The van der Waals surface area contributed by atoms with Crippen molar-refractivity contribution in [1.29, 1.82) is 0 Å². The van der Waals surface area contributed by atoms with Crippen LogP contribution in [-0.2, 0) is 4.79 Å². The highest BCUT2D eigenvalue weighted by molar-refractivity contribution is 5.92. The Balaban J connectivity index is 1.60. The molecule has 0 saturated carbocycles. The normalized spacial score (nSPS) is 15.2. The van der Waals surface area contributed by atoms with Crippen molar-refractivity contribution >= 4 is 17.9 Å². The van der Waals surface area contributed by atoms with Gasteiger partial charge >= 0.3 is 6.36 Å². The Kier molecular flexibility index (Phi) is 5.58. The minimum absolute atomic E-state index is 0.180. The lowest BCUT2D eigenvalue weighted by molar-refractivity contribution is -0.274. The first kappa shape index (κ1) is 18.7. The van der Waals surface area contributed by atoms with Crippen molar-refractivity contribution in [3.8, 4) is 5.75 Å². The molecule has 0 unspecified atom stereocenters. The maximum Gasteiger partial charge on any atom is 0.573 e. The molecule has 27 heavy (non-hydrogen) atoms. The van der Waals surface area contributed by atoms with Crippen molar-refractivity contribution in [3.05, 3.63) is 54.4 Å². The number of alkyl halides is 3. The molecule has 1 aliphatic rings. The van der Waals surface area contributed by atoms with Gasteiger partial charge in [0.1, 0.15) is 5.75 Å². The quantitative estimate of drug-likeness (QED) is 0.766. The SMILES string of the molecule is O=C(/C=C/c1ccccc1OC(F)(F)F)N1CCN(c2ncccn2)CC1. The third kappa shape index (κ3) is 5.19. The van der Waals surface area contributed by atoms with Crippen LogP contribution >= 0.6 is 0 Å². The number of anilines is 1.